The lowest BCUT2D eigenvalue weighted by Gasteiger charge is -2.34. The van der Waals surface area contributed by atoms with E-state index in [-0.39, 0.29) is 0 Å². The summed E-state index contributed by atoms with van der Waals surface area (Å²) in [5.74, 6) is -18.3. The van der Waals surface area contributed by atoms with Crippen LogP contribution in [0.15, 0.2) is 9.66 Å². The van der Waals surface area contributed by atoms with Crippen molar-refractivity contribution in [3.63, 3.8) is 0 Å². The van der Waals surface area contributed by atoms with Crippen molar-refractivity contribution >= 4 is 34.2 Å². The number of aliphatic hydroxyl groups excluding tert-OH is 1. The van der Waals surface area contributed by atoms with E-state index in [1.165, 1.54) is 0 Å². The summed E-state index contributed by atoms with van der Waals surface area (Å²) in [5, 5.41) is 2.48. The lowest BCUT2D eigenvalue weighted by molar-refractivity contribution is -0.347. The van der Waals surface area contributed by atoms with Gasteiger partial charge in [0.05, 0.1) is 6.61 Å². The summed E-state index contributed by atoms with van der Waals surface area (Å²) in [6.45, 7) is -0.804. The zero-order chi connectivity index (χ0) is 15.7. The van der Waals surface area contributed by atoms with Crippen molar-refractivity contribution in [1.29, 1.82) is 0 Å². The standard InChI is InChI=1S/C8H6ClF8IO/c9-8(16,17)7(14,15)6(12,13)5(10,11)3-4(18)1-2-19/h1,19H,2-3H2/b4-1-. The molecule has 0 spiro atoms. The van der Waals surface area contributed by atoms with Gasteiger partial charge in [-0.15, -0.1) is 0 Å². The Bertz CT molecular complexity index is 351. The maximum atomic E-state index is 13.1. The van der Waals surface area contributed by atoms with Gasteiger partial charge in [-0.05, 0) is 43.8 Å². The molecule has 0 fully saturated rings. The van der Waals surface area contributed by atoms with Gasteiger partial charge in [-0.1, -0.05) is 0 Å². The summed E-state index contributed by atoms with van der Waals surface area (Å²) in [5.41, 5.74) is 0. The number of hydrogen-bond donors (Lipinski definition) is 1. The summed E-state index contributed by atoms with van der Waals surface area (Å²) in [7, 11) is 0. The molecule has 0 heterocycles. The van der Waals surface area contributed by atoms with Gasteiger partial charge in [-0.3, -0.25) is 0 Å². The summed E-state index contributed by atoms with van der Waals surface area (Å²) in [6.07, 6.45) is -1.30. The Kier molecular flexibility index (Phi) is 5.93. The lowest BCUT2D eigenvalue weighted by Crippen LogP contribution is -2.60. The Morgan fingerprint density at radius 2 is 1.42 bits per heavy atom. The van der Waals surface area contributed by atoms with Crippen LogP contribution in [-0.4, -0.2) is 34.9 Å². The second-order valence-electron chi connectivity index (χ2n) is 3.36. The molecule has 11 heteroatoms. The summed E-state index contributed by atoms with van der Waals surface area (Å²) < 4.78 is 101. The van der Waals surface area contributed by atoms with Crippen LogP contribution in [-0.2, 0) is 0 Å². The summed E-state index contributed by atoms with van der Waals surface area (Å²) >= 11 is 4.84. The smallest absolute Gasteiger partial charge is 0.392 e. The molecular weight excluding hydrogens is 426 g/mol. The number of hydrogen-bond acceptors (Lipinski definition) is 1. The maximum absolute atomic E-state index is 13.1. The van der Waals surface area contributed by atoms with Crippen LogP contribution in [0.3, 0.4) is 0 Å². The Balaban J connectivity index is 5.45. The molecule has 0 aromatic heterocycles. The number of rotatable bonds is 6. The lowest BCUT2D eigenvalue weighted by atomic mass is 10.0. The molecule has 1 nitrogen and oxygen atoms in total. The quantitative estimate of drug-likeness (QED) is 0.374. The molecule has 0 aliphatic rings. The number of allylic oxidation sites excluding steroid dienone is 1. The SMILES string of the molecule is OC/C=C(\I)CC(F)(F)C(F)(F)C(F)(F)C(F)(F)Cl. The highest BCUT2D eigenvalue weighted by molar-refractivity contribution is 14.1. The van der Waals surface area contributed by atoms with Crippen molar-refractivity contribution in [2.75, 3.05) is 6.61 Å². The molecule has 19 heavy (non-hydrogen) atoms. The second-order valence-corrected chi connectivity index (χ2v) is 5.22. The monoisotopic (exact) mass is 432 g/mol. The van der Waals surface area contributed by atoms with Gasteiger partial charge in [0, 0.05) is 6.42 Å². The molecule has 0 rings (SSSR count). The fourth-order valence-electron chi connectivity index (χ4n) is 0.902. The Labute approximate surface area is 120 Å². The molecule has 114 valence electrons. The van der Waals surface area contributed by atoms with Gasteiger partial charge in [-0.2, -0.15) is 35.1 Å². The zero-order valence-electron chi connectivity index (χ0n) is 8.72. The van der Waals surface area contributed by atoms with Crippen LogP contribution in [0.1, 0.15) is 6.42 Å². The molecule has 0 amide bonds. The molecule has 0 aliphatic carbocycles. The summed E-state index contributed by atoms with van der Waals surface area (Å²) in [6, 6.07) is 0. The predicted molar refractivity (Wildman–Crippen MR) is 59.4 cm³/mol. The van der Waals surface area contributed by atoms with Crippen LogP contribution in [0, 0.1) is 0 Å². The zero-order valence-corrected chi connectivity index (χ0v) is 11.6. The number of alkyl halides is 9. The van der Waals surface area contributed by atoms with E-state index >= 15 is 0 Å². The second kappa shape index (κ2) is 5.88. The first-order valence-electron chi connectivity index (χ1n) is 4.36. The van der Waals surface area contributed by atoms with Gasteiger partial charge in [0.25, 0.3) is 0 Å². The van der Waals surface area contributed by atoms with Gasteiger partial charge >= 0.3 is 23.1 Å². The third kappa shape index (κ3) is 3.84. The fourth-order valence-corrected chi connectivity index (χ4v) is 1.70. The fraction of sp³-hybridized carbons (Fsp3) is 0.750. The number of aliphatic hydroxyl groups is 1. The highest BCUT2D eigenvalue weighted by atomic mass is 127. The van der Waals surface area contributed by atoms with Crippen molar-refractivity contribution in [1.82, 2.24) is 0 Å². The van der Waals surface area contributed by atoms with Crippen molar-refractivity contribution in [3.8, 4) is 0 Å². The van der Waals surface area contributed by atoms with Gasteiger partial charge in [0.2, 0.25) is 0 Å². The Hall–Kier alpha value is 0.160. The highest BCUT2D eigenvalue weighted by Gasteiger charge is 2.80. The molecule has 1 N–H and O–H groups in total. The Morgan fingerprint density at radius 3 is 1.74 bits per heavy atom. The molecule has 0 aliphatic heterocycles. The van der Waals surface area contributed by atoms with Gasteiger partial charge in [0.15, 0.2) is 0 Å². The van der Waals surface area contributed by atoms with Gasteiger partial charge < -0.3 is 5.11 Å². The van der Waals surface area contributed by atoms with E-state index in [0.29, 0.717) is 6.08 Å². The van der Waals surface area contributed by atoms with E-state index in [2.05, 4.69) is 11.6 Å². The molecule has 0 unspecified atom stereocenters. The van der Waals surface area contributed by atoms with Crippen LogP contribution < -0.4 is 0 Å². The third-order valence-corrected chi connectivity index (χ3v) is 2.97. The average molecular weight is 432 g/mol. The van der Waals surface area contributed by atoms with E-state index in [1.54, 1.807) is 0 Å². The summed E-state index contributed by atoms with van der Waals surface area (Å²) in [4.78, 5) is 0. The first kappa shape index (κ1) is 19.2. The normalized spacial score (nSPS) is 15.8. The van der Waals surface area contributed by atoms with Gasteiger partial charge in [-0.25, -0.2) is 0 Å². The van der Waals surface area contributed by atoms with E-state index in [4.69, 9.17) is 5.11 Å². The van der Waals surface area contributed by atoms with E-state index in [0.717, 1.165) is 22.6 Å². The minimum absolute atomic E-state index is 0.599. The van der Waals surface area contributed by atoms with E-state index in [1.807, 2.05) is 0 Å². The van der Waals surface area contributed by atoms with Crippen LogP contribution in [0.2, 0.25) is 0 Å². The largest absolute Gasteiger partial charge is 0.392 e. The topological polar surface area (TPSA) is 20.2 Å². The molecule has 0 atom stereocenters. The highest BCUT2D eigenvalue weighted by Crippen LogP contribution is 2.55. The molecule has 0 saturated heterocycles. The average Bonchev–Trinajstić information content (AvgIpc) is 2.14. The molecule has 0 radical (unpaired) electrons. The third-order valence-electron chi connectivity index (χ3n) is 1.91. The minimum atomic E-state index is -6.44. The van der Waals surface area contributed by atoms with E-state index in [9.17, 15) is 35.1 Å². The van der Waals surface area contributed by atoms with Crippen LogP contribution in [0.5, 0.6) is 0 Å². The van der Waals surface area contributed by atoms with Crippen molar-refractivity contribution in [3.05, 3.63) is 9.66 Å². The number of halogens is 10. The first-order chi connectivity index (χ1) is 8.20. The van der Waals surface area contributed by atoms with Crippen molar-refractivity contribution in [2.24, 2.45) is 0 Å². The molecule has 0 bridgehead atoms. The van der Waals surface area contributed by atoms with Crippen molar-refractivity contribution in [2.45, 2.75) is 29.6 Å². The van der Waals surface area contributed by atoms with Crippen LogP contribution in [0.4, 0.5) is 35.1 Å². The van der Waals surface area contributed by atoms with Crippen molar-refractivity contribution < 1.29 is 40.2 Å². The predicted octanol–water partition coefficient (Wildman–Crippen LogP) is 4.43. The molecule has 0 aromatic carbocycles. The molecule has 0 aromatic rings. The first-order valence-corrected chi connectivity index (χ1v) is 5.82. The Morgan fingerprint density at radius 1 is 1.00 bits per heavy atom. The minimum Gasteiger partial charge on any atom is -0.392 e. The van der Waals surface area contributed by atoms with E-state index < -0.39 is 39.8 Å². The maximum Gasteiger partial charge on any atom is 0.392 e. The van der Waals surface area contributed by atoms with Gasteiger partial charge in [0.1, 0.15) is 0 Å². The molecule has 0 saturated carbocycles. The van der Waals surface area contributed by atoms with Crippen LogP contribution in [0.25, 0.3) is 0 Å². The van der Waals surface area contributed by atoms with Crippen LogP contribution >= 0.6 is 34.2 Å². The molecular formula is C8H6ClF8IO.